The van der Waals surface area contributed by atoms with Crippen molar-refractivity contribution >= 4 is 12.1 Å². The van der Waals surface area contributed by atoms with Crippen molar-refractivity contribution in [2.45, 2.75) is 18.9 Å². The molecule has 1 amide bonds. The molecule has 0 unspecified atom stereocenters. The highest BCUT2D eigenvalue weighted by Gasteiger charge is 2.22. The van der Waals surface area contributed by atoms with Crippen LogP contribution in [0.25, 0.3) is 0 Å². The first kappa shape index (κ1) is 11.1. The molecule has 1 aromatic carbocycles. The largest absolute Gasteiger partial charge is 0.312 e. The molecule has 1 aromatic rings. The number of nitrogens with zero attached hydrogens (tertiary/aromatic N) is 2. The van der Waals surface area contributed by atoms with Gasteiger partial charge in [-0.1, -0.05) is 18.2 Å². The van der Waals surface area contributed by atoms with Gasteiger partial charge in [0.15, 0.2) is 0 Å². The second-order valence-corrected chi connectivity index (χ2v) is 4.38. The molecule has 0 aliphatic carbocycles. The Kier molecular flexibility index (Phi) is 3.57. The highest BCUT2D eigenvalue weighted by molar-refractivity contribution is 5.75. The van der Waals surface area contributed by atoms with Gasteiger partial charge in [0.2, 0.25) is 6.41 Å². The monoisotopic (exact) mass is 218 g/mol. The predicted molar refractivity (Wildman–Crippen MR) is 65.5 cm³/mol. The van der Waals surface area contributed by atoms with Gasteiger partial charge in [-0.15, -0.1) is 0 Å². The molecular weight excluding hydrogens is 200 g/mol. The summed E-state index contributed by atoms with van der Waals surface area (Å²) in [6.45, 7) is 2.14. The third-order valence-corrected chi connectivity index (χ3v) is 3.25. The van der Waals surface area contributed by atoms with Gasteiger partial charge in [0, 0.05) is 11.7 Å². The van der Waals surface area contributed by atoms with Crippen molar-refractivity contribution in [3.63, 3.8) is 0 Å². The van der Waals surface area contributed by atoms with Crippen molar-refractivity contribution in [2.75, 3.05) is 25.0 Å². The number of amides is 1. The van der Waals surface area contributed by atoms with Crippen molar-refractivity contribution < 1.29 is 4.79 Å². The van der Waals surface area contributed by atoms with Crippen LogP contribution in [-0.4, -0.2) is 37.5 Å². The second-order valence-electron chi connectivity index (χ2n) is 4.38. The van der Waals surface area contributed by atoms with Crippen LogP contribution in [0.4, 0.5) is 5.69 Å². The average Bonchev–Trinajstić information content (AvgIpc) is 2.34. The van der Waals surface area contributed by atoms with E-state index < -0.39 is 0 Å². The van der Waals surface area contributed by atoms with E-state index in [2.05, 4.69) is 11.9 Å². The lowest BCUT2D eigenvalue weighted by atomic mass is 10.0. The van der Waals surface area contributed by atoms with Crippen LogP contribution >= 0.6 is 0 Å². The number of likely N-dealkylation sites (tertiary alicyclic amines) is 1. The van der Waals surface area contributed by atoms with E-state index in [4.69, 9.17) is 0 Å². The molecule has 3 nitrogen and oxygen atoms in total. The Morgan fingerprint density at radius 3 is 2.44 bits per heavy atom. The Bertz CT molecular complexity index is 331. The van der Waals surface area contributed by atoms with E-state index in [1.54, 1.807) is 0 Å². The third kappa shape index (κ3) is 2.42. The number of carbonyl (C=O) groups excluding carboxylic acids is 1. The van der Waals surface area contributed by atoms with E-state index in [1.165, 1.54) is 0 Å². The maximum atomic E-state index is 11.2. The molecule has 0 radical (unpaired) electrons. The fourth-order valence-electron chi connectivity index (χ4n) is 2.23. The quantitative estimate of drug-likeness (QED) is 0.722. The molecule has 2 rings (SSSR count). The smallest absolute Gasteiger partial charge is 0.214 e. The zero-order valence-corrected chi connectivity index (χ0v) is 9.67. The normalized spacial score (nSPS) is 18.3. The van der Waals surface area contributed by atoms with Crippen LogP contribution in [0.1, 0.15) is 12.8 Å². The second kappa shape index (κ2) is 5.12. The highest BCUT2D eigenvalue weighted by Crippen LogP contribution is 2.21. The zero-order valence-electron chi connectivity index (χ0n) is 9.67. The maximum absolute atomic E-state index is 11.2. The topological polar surface area (TPSA) is 23.6 Å². The molecule has 16 heavy (non-hydrogen) atoms. The molecule has 0 saturated carbocycles. The Hall–Kier alpha value is -1.35. The van der Waals surface area contributed by atoms with Gasteiger partial charge >= 0.3 is 0 Å². The number of hydrogen-bond acceptors (Lipinski definition) is 2. The van der Waals surface area contributed by atoms with Crippen LogP contribution in [0.3, 0.4) is 0 Å². The molecular formula is C13H18N2O. The Labute approximate surface area is 96.7 Å². The van der Waals surface area contributed by atoms with Gasteiger partial charge in [0.1, 0.15) is 0 Å². The van der Waals surface area contributed by atoms with Crippen LogP contribution in [0, 0.1) is 0 Å². The number of rotatable bonds is 3. The molecule has 1 saturated heterocycles. The summed E-state index contributed by atoms with van der Waals surface area (Å²) < 4.78 is 0. The Balaban J connectivity index is 2.08. The van der Waals surface area contributed by atoms with Crippen molar-refractivity contribution in [3.05, 3.63) is 30.3 Å². The number of piperidine rings is 1. The summed E-state index contributed by atoms with van der Waals surface area (Å²) in [6.07, 6.45) is 3.08. The summed E-state index contributed by atoms with van der Waals surface area (Å²) in [4.78, 5) is 15.4. The zero-order chi connectivity index (χ0) is 11.4. The molecule has 0 atom stereocenters. The molecule has 0 aromatic heterocycles. The molecule has 0 spiro atoms. The lowest BCUT2D eigenvalue weighted by Gasteiger charge is -2.35. The van der Waals surface area contributed by atoms with Crippen molar-refractivity contribution in [2.24, 2.45) is 0 Å². The molecule has 3 heteroatoms. The first-order valence-electron chi connectivity index (χ1n) is 5.78. The van der Waals surface area contributed by atoms with Crippen LogP contribution in [0.5, 0.6) is 0 Å². The number of para-hydroxylation sites is 1. The van der Waals surface area contributed by atoms with Gasteiger partial charge < -0.3 is 9.80 Å². The van der Waals surface area contributed by atoms with Crippen molar-refractivity contribution in [1.29, 1.82) is 0 Å². The summed E-state index contributed by atoms with van der Waals surface area (Å²) in [5.41, 5.74) is 1.01. The Morgan fingerprint density at radius 2 is 1.88 bits per heavy atom. The minimum absolute atomic E-state index is 0.358. The molecule has 1 heterocycles. The molecule has 0 N–H and O–H groups in total. The fourth-order valence-corrected chi connectivity index (χ4v) is 2.23. The molecule has 0 bridgehead atoms. The predicted octanol–water partition coefficient (Wildman–Crippen LogP) is 1.74. The first-order valence-corrected chi connectivity index (χ1v) is 5.78. The van der Waals surface area contributed by atoms with E-state index in [0.29, 0.717) is 6.04 Å². The maximum Gasteiger partial charge on any atom is 0.214 e. The number of benzene rings is 1. The molecule has 86 valence electrons. The minimum Gasteiger partial charge on any atom is -0.312 e. The van der Waals surface area contributed by atoms with Gasteiger partial charge in [-0.05, 0) is 45.1 Å². The van der Waals surface area contributed by atoms with Gasteiger partial charge in [0.25, 0.3) is 0 Å². The van der Waals surface area contributed by atoms with Gasteiger partial charge in [-0.25, -0.2) is 0 Å². The van der Waals surface area contributed by atoms with E-state index in [1.807, 2.05) is 35.2 Å². The van der Waals surface area contributed by atoms with Gasteiger partial charge in [0.05, 0.1) is 0 Å². The van der Waals surface area contributed by atoms with Crippen molar-refractivity contribution in [1.82, 2.24) is 4.90 Å². The fraction of sp³-hybridized carbons (Fsp3) is 0.462. The Morgan fingerprint density at radius 1 is 1.25 bits per heavy atom. The first-order chi connectivity index (χ1) is 7.81. The number of anilines is 1. The third-order valence-electron chi connectivity index (χ3n) is 3.25. The lowest BCUT2D eigenvalue weighted by molar-refractivity contribution is -0.108. The van der Waals surface area contributed by atoms with Crippen LogP contribution < -0.4 is 4.90 Å². The summed E-state index contributed by atoms with van der Waals surface area (Å²) in [5, 5.41) is 0. The summed E-state index contributed by atoms with van der Waals surface area (Å²) in [5.74, 6) is 0. The number of hydrogen-bond donors (Lipinski definition) is 0. The summed E-state index contributed by atoms with van der Waals surface area (Å²) in [7, 11) is 2.13. The molecule has 1 fully saturated rings. The van der Waals surface area contributed by atoms with Crippen molar-refractivity contribution in [3.8, 4) is 0 Å². The van der Waals surface area contributed by atoms with Gasteiger partial charge in [-0.2, -0.15) is 0 Å². The van der Waals surface area contributed by atoms with E-state index >= 15 is 0 Å². The summed E-state index contributed by atoms with van der Waals surface area (Å²) in [6, 6.07) is 10.3. The van der Waals surface area contributed by atoms with E-state index in [0.717, 1.165) is 38.0 Å². The van der Waals surface area contributed by atoms with Crippen LogP contribution in [-0.2, 0) is 4.79 Å². The van der Waals surface area contributed by atoms with Crippen LogP contribution in [0.15, 0.2) is 30.3 Å². The standard InChI is InChI=1S/C13H18N2O/c1-14-9-7-13(8-10-14)15(11-16)12-5-3-2-4-6-12/h2-6,11,13H,7-10H2,1H3. The molecule has 1 aliphatic heterocycles. The lowest BCUT2D eigenvalue weighted by Crippen LogP contribution is -2.43. The van der Waals surface area contributed by atoms with E-state index in [-0.39, 0.29) is 0 Å². The highest BCUT2D eigenvalue weighted by atomic mass is 16.1. The average molecular weight is 218 g/mol. The SMILES string of the molecule is CN1CCC(N(C=O)c2ccccc2)CC1. The minimum atomic E-state index is 0.358. The van der Waals surface area contributed by atoms with Crippen LogP contribution in [0.2, 0.25) is 0 Å². The number of carbonyl (C=O) groups is 1. The van der Waals surface area contributed by atoms with E-state index in [9.17, 15) is 4.79 Å². The van der Waals surface area contributed by atoms with Gasteiger partial charge in [-0.3, -0.25) is 4.79 Å². The molecule has 1 aliphatic rings. The summed E-state index contributed by atoms with van der Waals surface area (Å²) >= 11 is 0.